The highest BCUT2D eigenvalue weighted by atomic mass is 79.9. The summed E-state index contributed by atoms with van der Waals surface area (Å²) in [5.41, 5.74) is 4.89. The number of rotatable bonds is 4. The fourth-order valence-corrected chi connectivity index (χ4v) is 2.89. The Hall–Kier alpha value is -1.28. The van der Waals surface area contributed by atoms with Gasteiger partial charge in [-0.05, 0) is 63.0 Å². The van der Waals surface area contributed by atoms with Gasteiger partial charge in [0.15, 0.2) is 0 Å². The lowest BCUT2D eigenvalue weighted by atomic mass is 9.97. The standard InChI is InChI=1S/C18H21BrO/c1-4-15-10-14(11-17(19)18(15)20)9-13-5-7-16(8-6-13)12(2)3/h5-8,10-12,20H,4,9H2,1-3H3. The molecule has 0 aliphatic rings. The van der Waals surface area contributed by atoms with Crippen molar-refractivity contribution in [3.63, 3.8) is 0 Å². The third-order valence-corrected chi connectivity index (χ3v) is 4.24. The van der Waals surface area contributed by atoms with Crippen LogP contribution in [0.2, 0.25) is 0 Å². The SMILES string of the molecule is CCc1cc(Cc2ccc(C(C)C)cc2)cc(Br)c1O. The summed E-state index contributed by atoms with van der Waals surface area (Å²) in [6, 6.07) is 12.9. The van der Waals surface area contributed by atoms with E-state index < -0.39 is 0 Å². The fourth-order valence-electron chi connectivity index (χ4n) is 2.35. The molecule has 2 rings (SSSR count). The van der Waals surface area contributed by atoms with Crippen LogP contribution in [0.3, 0.4) is 0 Å². The monoisotopic (exact) mass is 332 g/mol. The van der Waals surface area contributed by atoms with Crippen molar-refractivity contribution in [3.8, 4) is 5.75 Å². The molecule has 0 radical (unpaired) electrons. The molecule has 20 heavy (non-hydrogen) atoms. The summed E-state index contributed by atoms with van der Waals surface area (Å²) in [4.78, 5) is 0. The van der Waals surface area contributed by atoms with Crippen LogP contribution in [0, 0.1) is 0 Å². The first-order chi connectivity index (χ1) is 9.51. The molecule has 0 aliphatic carbocycles. The summed E-state index contributed by atoms with van der Waals surface area (Å²) in [5, 5.41) is 9.94. The molecule has 1 nitrogen and oxygen atoms in total. The summed E-state index contributed by atoms with van der Waals surface area (Å²) in [6.45, 7) is 6.47. The maximum absolute atomic E-state index is 9.94. The van der Waals surface area contributed by atoms with Crippen molar-refractivity contribution in [2.24, 2.45) is 0 Å². The Morgan fingerprint density at radius 3 is 2.25 bits per heavy atom. The highest BCUT2D eigenvalue weighted by molar-refractivity contribution is 9.10. The predicted octanol–water partition coefficient (Wildman–Crippen LogP) is 5.43. The van der Waals surface area contributed by atoms with Crippen LogP contribution >= 0.6 is 15.9 Å². The zero-order chi connectivity index (χ0) is 14.7. The molecule has 2 heteroatoms. The van der Waals surface area contributed by atoms with Gasteiger partial charge in [-0.15, -0.1) is 0 Å². The quantitative estimate of drug-likeness (QED) is 0.791. The van der Waals surface area contributed by atoms with Crippen LogP contribution in [0.1, 0.15) is 48.9 Å². The van der Waals surface area contributed by atoms with Gasteiger partial charge in [-0.25, -0.2) is 0 Å². The van der Waals surface area contributed by atoms with Gasteiger partial charge in [-0.2, -0.15) is 0 Å². The first kappa shape index (κ1) is 15.1. The Morgan fingerprint density at radius 2 is 1.70 bits per heavy atom. The molecular weight excluding hydrogens is 312 g/mol. The number of aryl methyl sites for hydroxylation is 1. The molecule has 0 saturated heterocycles. The third kappa shape index (κ3) is 3.43. The number of halogens is 1. The molecule has 0 fully saturated rings. The zero-order valence-electron chi connectivity index (χ0n) is 12.3. The van der Waals surface area contributed by atoms with Crippen molar-refractivity contribution in [3.05, 3.63) is 63.1 Å². The molecule has 0 bridgehead atoms. The van der Waals surface area contributed by atoms with Gasteiger partial charge in [0.2, 0.25) is 0 Å². The van der Waals surface area contributed by atoms with Crippen molar-refractivity contribution in [2.45, 2.75) is 39.5 Å². The second-order valence-corrected chi connectivity index (χ2v) is 6.37. The van der Waals surface area contributed by atoms with Crippen LogP contribution in [-0.2, 0) is 12.8 Å². The van der Waals surface area contributed by atoms with Gasteiger partial charge >= 0.3 is 0 Å². The van der Waals surface area contributed by atoms with Crippen LogP contribution in [0.5, 0.6) is 5.75 Å². The van der Waals surface area contributed by atoms with Crippen LogP contribution in [0.4, 0.5) is 0 Å². The molecule has 2 aromatic rings. The lowest BCUT2D eigenvalue weighted by molar-refractivity contribution is 0.465. The molecule has 0 spiro atoms. The number of aromatic hydroxyl groups is 1. The van der Waals surface area contributed by atoms with E-state index in [4.69, 9.17) is 0 Å². The second kappa shape index (κ2) is 6.45. The number of hydrogen-bond donors (Lipinski definition) is 1. The minimum Gasteiger partial charge on any atom is -0.506 e. The molecule has 0 amide bonds. The third-order valence-electron chi connectivity index (χ3n) is 3.64. The van der Waals surface area contributed by atoms with Gasteiger partial charge in [0.05, 0.1) is 4.47 Å². The molecule has 106 valence electrons. The van der Waals surface area contributed by atoms with E-state index in [9.17, 15) is 5.11 Å². The molecule has 2 aromatic carbocycles. The van der Waals surface area contributed by atoms with E-state index in [-0.39, 0.29) is 0 Å². The van der Waals surface area contributed by atoms with E-state index in [0.29, 0.717) is 11.7 Å². The smallest absolute Gasteiger partial charge is 0.132 e. The van der Waals surface area contributed by atoms with Gasteiger partial charge in [-0.3, -0.25) is 0 Å². The van der Waals surface area contributed by atoms with Crippen LogP contribution in [0.15, 0.2) is 40.9 Å². The lowest BCUT2D eigenvalue weighted by Crippen LogP contribution is -1.93. The van der Waals surface area contributed by atoms with Crippen molar-refractivity contribution >= 4 is 15.9 Å². The number of hydrogen-bond acceptors (Lipinski definition) is 1. The van der Waals surface area contributed by atoms with Gasteiger partial charge in [0.25, 0.3) is 0 Å². The summed E-state index contributed by atoms with van der Waals surface area (Å²) in [6.07, 6.45) is 1.73. The highest BCUT2D eigenvalue weighted by Crippen LogP contribution is 2.30. The molecule has 0 saturated carbocycles. The van der Waals surface area contributed by atoms with E-state index >= 15 is 0 Å². The Labute approximate surface area is 129 Å². The highest BCUT2D eigenvalue weighted by Gasteiger charge is 2.07. The molecule has 0 aliphatic heterocycles. The number of phenolic OH excluding ortho intramolecular Hbond substituents is 1. The van der Waals surface area contributed by atoms with E-state index in [1.807, 2.05) is 6.07 Å². The van der Waals surface area contributed by atoms with Gasteiger partial charge in [0.1, 0.15) is 5.75 Å². The lowest BCUT2D eigenvalue weighted by Gasteiger charge is -2.10. The maximum Gasteiger partial charge on any atom is 0.132 e. The Balaban J connectivity index is 2.23. The molecule has 1 N–H and O–H groups in total. The predicted molar refractivity (Wildman–Crippen MR) is 88.5 cm³/mol. The summed E-state index contributed by atoms with van der Waals surface area (Å²) in [7, 11) is 0. The van der Waals surface area contributed by atoms with Crippen LogP contribution in [-0.4, -0.2) is 5.11 Å². The first-order valence-electron chi connectivity index (χ1n) is 7.10. The minimum atomic E-state index is 0.367. The summed E-state index contributed by atoms with van der Waals surface area (Å²) in [5.74, 6) is 0.935. The van der Waals surface area contributed by atoms with Crippen LogP contribution < -0.4 is 0 Å². The van der Waals surface area contributed by atoms with Gasteiger partial charge < -0.3 is 5.11 Å². The average molecular weight is 333 g/mol. The minimum absolute atomic E-state index is 0.367. The Bertz CT molecular complexity index is 585. The van der Waals surface area contributed by atoms with E-state index in [2.05, 4.69) is 67.0 Å². The van der Waals surface area contributed by atoms with Crippen molar-refractivity contribution in [2.75, 3.05) is 0 Å². The van der Waals surface area contributed by atoms with E-state index in [1.165, 1.54) is 16.7 Å². The molecule has 0 unspecified atom stereocenters. The van der Waals surface area contributed by atoms with E-state index in [0.717, 1.165) is 22.9 Å². The van der Waals surface area contributed by atoms with Crippen molar-refractivity contribution in [1.82, 2.24) is 0 Å². The molecular formula is C18H21BrO. The first-order valence-corrected chi connectivity index (χ1v) is 7.89. The molecule has 0 atom stereocenters. The summed E-state index contributed by atoms with van der Waals surface area (Å²) < 4.78 is 0.783. The molecule has 0 heterocycles. The zero-order valence-corrected chi connectivity index (χ0v) is 13.9. The van der Waals surface area contributed by atoms with E-state index in [1.54, 1.807) is 0 Å². The Kier molecular flexibility index (Phi) is 4.87. The fraction of sp³-hybridized carbons (Fsp3) is 0.333. The topological polar surface area (TPSA) is 20.2 Å². The van der Waals surface area contributed by atoms with Gasteiger partial charge in [-0.1, -0.05) is 51.1 Å². The van der Waals surface area contributed by atoms with Crippen molar-refractivity contribution in [1.29, 1.82) is 0 Å². The van der Waals surface area contributed by atoms with Crippen molar-refractivity contribution < 1.29 is 5.11 Å². The normalized spacial score (nSPS) is 11.1. The van der Waals surface area contributed by atoms with Crippen LogP contribution in [0.25, 0.3) is 0 Å². The largest absolute Gasteiger partial charge is 0.506 e. The number of phenols is 1. The number of benzene rings is 2. The summed E-state index contributed by atoms with van der Waals surface area (Å²) >= 11 is 3.43. The van der Waals surface area contributed by atoms with Gasteiger partial charge in [0, 0.05) is 0 Å². The average Bonchev–Trinajstić information content (AvgIpc) is 2.43. The maximum atomic E-state index is 9.94. The Morgan fingerprint density at radius 1 is 1.05 bits per heavy atom. The molecule has 0 aromatic heterocycles. The second-order valence-electron chi connectivity index (χ2n) is 5.51.